The molecule has 2 amide bonds. The van der Waals surface area contributed by atoms with E-state index in [0.717, 1.165) is 28.8 Å². The van der Waals surface area contributed by atoms with Crippen molar-refractivity contribution in [1.29, 1.82) is 0 Å². The van der Waals surface area contributed by atoms with E-state index in [2.05, 4.69) is 5.32 Å². The zero-order valence-corrected chi connectivity index (χ0v) is 16.8. The maximum atomic E-state index is 14.2. The van der Waals surface area contributed by atoms with Gasteiger partial charge in [0, 0.05) is 9.92 Å². The maximum Gasteiger partial charge on any atom is 0.283 e. The lowest BCUT2D eigenvalue weighted by Crippen LogP contribution is -2.32. The van der Waals surface area contributed by atoms with Crippen LogP contribution in [0.25, 0.3) is 0 Å². The lowest BCUT2D eigenvalue weighted by atomic mass is 10.2. The van der Waals surface area contributed by atoms with Crippen LogP contribution in [-0.2, 0) is 9.59 Å². The summed E-state index contributed by atoms with van der Waals surface area (Å²) in [6.45, 7) is 0. The first-order valence-electron chi connectivity index (χ1n) is 8.77. The minimum absolute atomic E-state index is 0.0591. The van der Waals surface area contributed by atoms with Gasteiger partial charge in [0.05, 0.1) is 11.4 Å². The molecule has 0 aromatic heterocycles. The number of anilines is 2. The topological polar surface area (TPSA) is 49.4 Å². The highest BCUT2D eigenvalue weighted by atomic mass is 35.5. The van der Waals surface area contributed by atoms with Crippen molar-refractivity contribution in [3.05, 3.63) is 100 Å². The SMILES string of the molecule is O=C1C(Nc2ccccc2F)=C(Sc2ccc(Cl)cc2)C(=O)N1c1ccc(F)cc1. The fraction of sp³-hybridized carbons (Fsp3) is 0. The molecule has 0 bridgehead atoms. The predicted octanol–water partition coefficient (Wildman–Crippen LogP) is 5.61. The second-order valence-corrected chi connectivity index (χ2v) is 7.81. The monoisotopic (exact) mass is 442 g/mol. The molecule has 0 saturated heterocycles. The number of hydrogen-bond donors (Lipinski definition) is 1. The van der Waals surface area contributed by atoms with E-state index in [4.69, 9.17) is 11.6 Å². The number of carbonyl (C=O) groups excluding carboxylic acids is 2. The van der Waals surface area contributed by atoms with E-state index < -0.39 is 23.4 Å². The zero-order chi connectivity index (χ0) is 21.3. The molecule has 4 rings (SSSR count). The number of benzene rings is 3. The van der Waals surface area contributed by atoms with Crippen LogP contribution in [0.1, 0.15) is 0 Å². The first kappa shape index (κ1) is 20.1. The highest BCUT2D eigenvalue weighted by molar-refractivity contribution is 8.04. The highest BCUT2D eigenvalue weighted by Gasteiger charge is 2.40. The van der Waals surface area contributed by atoms with Gasteiger partial charge in [-0.25, -0.2) is 13.7 Å². The Bertz CT molecular complexity index is 1160. The van der Waals surface area contributed by atoms with E-state index >= 15 is 0 Å². The first-order chi connectivity index (χ1) is 14.4. The predicted molar refractivity (Wildman–Crippen MR) is 113 cm³/mol. The molecule has 1 N–H and O–H groups in total. The van der Waals surface area contributed by atoms with Gasteiger partial charge in [-0.3, -0.25) is 9.59 Å². The Labute approximate surface area is 180 Å². The van der Waals surface area contributed by atoms with Crippen molar-refractivity contribution in [2.45, 2.75) is 4.90 Å². The van der Waals surface area contributed by atoms with E-state index in [1.807, 2.05) is 0 Å². The minimum atomic E-state index is -0.661. The number of nitrogens with zero attached hydrogens (tertiary/aromatic N) is 1. The van der Waals surface area contributed by atoms with Gasteiger partial charge in [-0.2, -0.15) is 0 Å². The molecule has 0 atom stereocenters. The van der Waals surface area contributed by atoms with Gasteiger partial charge in [-0.05, 0) is 60.7 Å². The first-order valence-corrected chi connectivity index (χ1v) is 9.97. The van der Waals surface area contributed by atoms with Gasteiger partial charge in [-0.1, -0.05) is 35.5 Å². The molecular weight excluding hydrogens is 430 g/mol. The van der Waals surface area contributed by atoms with E-state index in [1.165, 1.54) is 30.3 Å². The molecule has 1 aliphatic rings. The molecular formula is C22H13ClF2N2O2S. The molecule has 0 unspecified atom stereocenters. The third kappa shape index (κ3) is 3.94. The number of nitrogens with one attached hydrogen (secondary N) is 1. The number of para-hydroxylation sites is 1. The zero-order valence-electron chi connectivity index (χ0n) is 15.2. The van der Waals surface area contributed by atoms with Gasteiger partial charge in [0.1, 0.15) is 22.2 Å². The van der Waals surface area contributed by atoms with Crippen LogP contribution < -0.4 is 10.2 Å². The molecule has 0 radical (unpaired) electrons. The van der Waals surface area contributed by atoms with Crippen molar-refractivity contribution in [2.75, 3.05) is 10.2 Å². The fourth-order valence-electron chi connectivity index (χ4n) is 2.86. The Kier molecular flexibility index (Phi) is 5.57. The summed E-state index contributed by atoms with van der Waals surface area (Å²) in [6.07, 6.45) is 0. The van der Waals surface area contributed by atoms with Crippen LogP contribution in [0.3, 0.4) is 0 Å². The molecule has 3 aromatic carbocycles. The number of halogens is 3. The highest BCUT2D eigenvalue weighted by Crippen LogP contribution is 2.38. The van der Waals surface area contributed by atoms with Gasteiger partial charge in [0.2, 0.25) is 0 Å². The smallest absolute Gasteiger partial charge is 0.283 e. The van der Waals surface area contributed by atoms with Gasteiger partial charge in [0.15, 0.2) is 0 Å². The Hall–Kier alpha value is -3.16. The quantitative estimate of drug-likeness (QED) is 0.522. The van der Waals surface area contributed by atoms with Crippen LogP contribution in [0.4, 0.5) is 20.2 Å². The molecule has 0 spiro atoms. The van der Waals surface area contributed by atoms with E-state index in [1.54, 1.807) is 30.3 Å². The van der Waals surface area contributed by atoms with E-state index in [9.17, 15) is 18.4 Å². The molecule has 30 heavy (non-hydrogen) atoms. The Morgan fingerprint density at radius 2 is 1.50 bits per heavy atom. The molecule has 8 heteroatoms. The number of imide groups is 1. The number of carbonyl (C=O) groups is 2. The second kappa shape index (κ2) is 8.30. The number of amides is 2. The number of thioether (sulfide) groups is 1. The Morgan fingerprint density at radius 1 is 0.833 bits per heavy atom. The van der Waals surface area contributed by atoms with Crippen LogP contribution in [-0.4, -0.2) is 11.8 Å². The molecule has 0 fully saturated rings. The molecule has 3 aromatic rings. The number of rotatable bonds is 5. The summed E-state index contributed by atoms with van der Waals surface area (Å²) >= 11 is 6.97. The average molecular weight is 443 g/mol. The molecule has 4 nitrogen and oxygen atoms in total. The largest absolute Gasteiger partial charge is 0.348 e. The minimum Gasteiger partial charge on any atom is -0.348 e. The summed E-state index contributed by atoms with van der Waals surface area (Å²) in [5.74, 6) is -2.32. The number of hydrogen-bond acceptors (Lipinski definition) is 4. The Morgan fingerprint density at radius 3 is 2.17 bits per heavy atom. The van der Waals surface area contributed by atoms with Gasteiger partial charge in [0.25, 0.3) is 11.8 Å². The van der Waals surface area contributed by atoms with Crippen LogP contribution in [0.5, 0.6) is 0 Å². The Balaban J connectivity index is 1.75. The maximum absolute atomic E-state index is 14.2. The molecule has 1 heterocycles. The van der Waals surface area contributed by atoms with Crippen molar-refractivity contribution in [3.63, 3.8) is 0 Å². The summed E-state index contributed by atoms with van der Waals surface area (Å²) in [7, 11) is 0. The summed E-state index contributed by atoms with van der Waals surface area (Å²) in [6, 6.07) is 17.6. The summed E-state index contributed by atoms with van der Waals surface area (Å²) in [5, 5.41) is 3.28. The molecule has 1 aliphatic heterocycles. The van der Waals surface area contributed by atoms with Crippen LogP contribution in [0.2, 0.25) is 5.02 Å². The average Bonchev–Trinajstić information content (AvgIpc) is 2.96. The van der Waals surface area contributed by atoms with E-state index in [0.29, 0.717) is 9.92 Å². The van der Waals surface area contributed by atoms with Crippen molar-refractivity contribution in [2.24, 2.45) is 0 Å². The van der Waals surface area contributed by atoms with Gasteiger partial charge >= 0.3 is 0 Å². The lowest BCUT2D eigenvalue weighted by Gasteiger charge is -2.15. The van der Waals surface area contributed by atoms with Crippen molar-refractivity contribution >= 4 is 46.6 Å². The van der Waals surface area contributed by atoms with E-state index in [-0.39, 0.29) is 22.0 Å². The normalized spacial score (nSPS) is 13.9. The molecule has 150 valence electrons. The third-order valence-electron chi connectivity index (χ3n) is 4.29. The molecule has 0 saturated carbocycles. The third-order valence-corrected chi connectivity index (χ3v) is 5.64. The van der Waals surface area contributed by atoms with Crippen LogP contribution in [0, 0.1) is 11.6 Å². The standard InChI is InChI=1S/C22H13ClF2N2O2S/c23-13-5-11-16(12-6-13)30-20-19(26-18-4-2-1-3-17(18)25)21(28)27(22(20)29)15-9-7-14(24)8-10-15/h1-12,26H. The van der Waals surface area contributed by atoms with Crippen molar-refractivity contribution in [3.8, 4) is 0 Å². The van der Waals surface area contributed by atoms with Crippen LogP contribution >= 0.6 is 23.4 Å². The lowest BCUT2D eigenvalue weighted by molar-refractivity contribution is -0.120. The second-order valence-electron chi connectivity index (χ2n) is 6.29. The summed E-state index contributed by atoms with van der Waals surface area (Å²) in [4.78, 5) is 27.9. The fourth-order valence-corrected chi connectivity index (χ4v) is 3.91. The van der Waals surface area contributed by atoms with Crippen molar-refractivity contribution in [1.82, 2.24) is 0 Å². The van der Waals surface area contributed by atoms with Crippen LogP contribution in [0.15, 0.2) is 88.3 Å². The summed E-state index contributed by atoms with van der Waals surface area (Å²) in [5.41, 5.74) is 0.212. The van der Waals surface area contributed by atoms with Gasteiger partial charge < -0.3 is 5.32 Å². The summed E-state index contributed by atoms with van der Waals surface area (Å²) < 4.78 is 27.5. The molecule has 0 aliphatic carbocycles. The van der Waals surface area contributed by atoms with Gasteiger partial charge in [-0.15, -0.1) is 0 Å². The van der Waals surface area contributed by atoms with Crippen molar-refractivity contribution < 1.29 is 18.4 Å².